The fourth-order valence-corrected chi connectivity index (χ4v) is 3.19. The lowest BCUT2D eigenvalue weighted by Crippen LogP contribution is -2.41. The summed E-state index contributed by atoms with van der Waals surface area (Å²) < 4.78 is 0. The first kappa shape index (κ1) is 11.0. The minimum absolute atomic E-state index is 0.792. The first-order valence-electron chi connectivity index (χ1n) is 6.83. The minimum Gasteiger partial charge on any atom is -0.357 e. The van der Waals surface area contributed by atoms with Crippen LogP contribution in [0, 0.1) is 5.92 Å². The molecule has 92 valence electrons. The van der Waals surface area contributed by atoms with E-state index in [4.69, 9.17) is 0 Å². The molecule has 0 spiro atoms. The molecule has 2 fully saturated rings. The molecule has 2 aliphatic rings. The molecule has 1 N–H and O–H groups in total. The normalized spacial score (nSPS) is 26.4. The summed E-state index contributed by atoms with van der Waals surface area (Å²) in [4.78, 5) is 6.86. The number of rotatable bonds is 2. The Morgan fingerprint density at radius 1 is 1.18 bits per heavy atom. The highest BCUT2D eigenvalue weighted by molar-refractivity contribution is 5.38. The number of hydrogen-bond donors (Lipinski definition) is 1. The molecule has 2 saturated heterocycles. The van der Waals surface area contributed by atoms with Gasteiger partial charge in [-0.3, -0.25) is 0 Å². The zero-order valence-electron chi connectivity index (χ0n) is 10.3. The molecule has 0 aliphatic carbocycles. The van der Waals surface area contributed by atoms with E-state index in [2.05, 4.69) is 27.3 Å². The van der Waals surface area contributed by atoms with Crippen LogP contribution in [0.4, 0.5) is 5.82 Å². The molecule has 1 unspecified atom stereocenters. The fourth-order valence-electron chi connectivity index (χ4n) is 3.19. The number of nitrogens with zero attached hydrogens (tertiary/aromatic N) is 2. The van der Waals surface area contributed by atoms with E-state index in [1.165, 1.54) is 45.3 Å². The number of piperidine rings is 1. The lowest BCUT2D eigenvalue weighted by atomic mass is 9.88. The Bertz CT molecular complexity index is 338. The molecule has 2 aliphatic heterocycles. The van der Waals surface area contributed by atoms with Crippen LogP contribution in [0.2, 0.25) is 0 Å². The van der Waals surface area contributed by atoms with Crippen molar-refractivity contribution >= 4 is 5.82 Å². The molecule has 0 radical (unpaired) electrons. The van der Waals surface area contributed by atoms with Gasteiger partial charge in [0.05, 0.1) is 0 Å². The predicted molar refractivity (Wildman–Crippen MR) is 70.2 cm³/mol. The quantitative estimate of drug-likeness (QED) is 0.844. The average molecular weight is 231 g/mol. The SMILES string of the molecule is c1ccc(N2CCC(C3CCCN3)CC2)nc1. The number of anilines is 1. The van der Waals surface area contributed by atoms with Crippen LogP contribution in [0.25, 0.3) is 0 Å². The maximum absolute atomic E-state index is 4.44. The molecule has 3 heteroatoms. The van der Waals surface area contributed by atoms with Gasteiger partial charge in [-0.05, 0) is 50.3 Å². The summed E-state index contributed by atoms with van der Waals surface area (Å²) in [6.07, 6.45) is 7.27. The van der Waals surface area contributed by atoms with Crippen molar-refractivity contribution in [3.05, 3.63) is 24.4 Å². The molecule has 3 nitrogen and oxygen atoms in total. The predicted octanol–water partition coefficient (Wildman–Crippen LogP) is 2.05. The maximum Gasteiger partial charge on any atom is 0.128 e. The Balaban J connectivity index is 1.57. The van der Waals surface area contributed by atoms with Crippen molar-refractivity contribution < 1.29 is 0 Å². The van der Waals surface area contributed by atoms with Gasteiger partial charge < -0.3 is 10.2 Å². The number of hydrogen-bond acceptors (Lipinski definition) is 3. The van der Waals surface area contributed by atoms with Crippen molar-refractivity contribution in [1.29, 1.82) is 0 Å². The van der Waals surface area contributed by atoms with Crippen LogP contribution in [0.3, 0.4) is 0 Å². The molecule has 3 rings (SSSR count). The molecule has 17 heavy (non-hydrogen) atoms. The molecular formula is C14H21N3. The Morgan fingerprint density at radius 3 is 2.71 bits per heavy atom. The zero-order valence-corrected chi connectivity index (χ0v) is 10.3. The van der Waals surface area contributed by atoms with Gasteiger partial charge in [-0.2, -0.15) is 0 Å². The van der Waals surface area contributed by atoms with Gasteiger partial charge >= 0.3 is 0 Å². The average Bonchev–Trinajstić information content (AvgIpc) is 2.94. The molecular weight excluding hydrogens is 210 g/mol. The largest absolute Gasteiger partial charge is 0.357 e. The van der Waals surface area contributed by atoms with Crippen LogP contribution < -0.4 is 10.2 Å². The lowest BCUT2D eigenvalue weighted by molar-refractivity contribution is 0.318. The topological polar surface area (TPSA) is 28.2 Å². The maximum atomic E-state index is 4.44. The molecule has 1 atom stereocenters. The molecule has 0 amide bonds. The smallest absolute Gasteiger partial charge is 0.128 e. The van der Waals surface area contributed by atoms with Crippen LogP contribution in [0.5, 0.6) is 0 Å². The Kier molecular flexibility index (Phi) is 3.27. The van der Waals surface area contributed by atoms with Crippen LogP contribution in [0.15, 0.2) is 24.4 Å². The fraction of sp³-hybridized carbons (Fsp3) is 0.643. The van der Waals surface area contributed by atoms with Gasteiger partial charge in [-0.15, -0.1) is 0 Å². The second-order valence-corrected chi connectivity index (χ2v) is 5.22. The number of pyridine rings is 1. The first-order valence-corrected chi connectivity index (χ1v) is 6.83. The summed E-state index contributed by atoms with van der Waals surface area (Å²) in [6.45, 7) is 3.56. The van der Waals surface area contributed by atoms with Crippen LogP contribution in [0.1, 0.15) is 25.7 Å². The van der Waals surface area contributed by atoms with Crippen molar-refractivity contribution in [2.75, 3.05) is 24.5 Å². The first-order chi connectivity index (χ1) is 8.43. The van der Waals surface area contributed by atoms with E-state index in [1.807, 2.05) is 12.3 Å². The van der Waals surface area contributed by atoms with E-state index >= 15 is 0 Å². The number of nitrogens with one attached hydrogen (secondary N) is 1. The lowest BCUT2D eigenvalue weighted by Gasteiger charge is -2.35. The summed E-state index contributed by atoms with van der Waals surface area (Å²) in [6, 6.07) is 6.97. The van der Waals surface area contributed by atoms with E-state index in [0.717, 1.165) is 17.8 Å². The Hall–Kier alpha value is -1.09. The van der Waals surface area contributed by atoms with Gasteiger partial charge in [-0.25, -0.2) is 4.98 Å². The van der Waals surface area contributed by atoms with Crippen molar-refractivity contribution in [3.8, 4) is 0 Å². The standard InChI is InChI=1S/C14H21N3/c1-2-8-16-14(5-1)17-10-6-12(7-11-17)13-4-3-9-15-13/h1-2,5,8,12-13,15H,3-4,6-7,9-11H2. The third-order valence-corrected chi connectivity index (χ3v) is 4.18. The van der Waals surface area contributed by atoms with Crippen LogP contribution in [-0.2, 0) is 0 Å². The van der Waals surface area contributed by atoms with Gasteiger partial charge in [-0.1, -0.05) is 6.07 Å². The van der Waals surface area contributed by atoms with Crippen molar-refractivity contribution in [2.24, 2.45) is 5.92 Å². The van der Waals surface area contributed by atoms with Crippen molar-refractivity contribution in [3.63, 3.8) is 0 Å². The monoisotopic (exact) mass is 231 g/mol. The van der Waals surface area contributed by atoms with Gasteiger partial charge in [0.25, 0.3) is 0 Å². The van der Waals surface area contributed by atoms with E-state index in [0.29, 0.717) is 0 Å². The van der Waals surface area contributed by atoms with Crippen molar-refractivity contribution in [2.45, 2.75) is 31.7 Å². The van der Waals surface area contributed by atoms with Crippen LogP contribution >= 0.6 is 0 Å². The molecule has 0 aromatic carbocycles. The number of aromatic nitrogens is 1. The zero-order chi connectivity index (χ0) is 11.5. The summed E-state index contributed by atoms with van der Waals surface area (Å²) in [5, 5.41) is 3.65. The van der Waals surface area contributed by atoms with E-state index in [1.54, 1.807) is 0 Å². The summed E-state index contributed by atoms with van der Waals surface area (Å²) in [5.41, 5.74) is 0. The van der Waals surface area contributed by atoms with Crippen LogP contribution in [-0.4, -0.2) is 30.7 Å². The van der Waals surface area contributed by atoms with Crippen molar-refractivity contribution in [1.82, 2.24) is 10.3 Å². The van der Waals surface area contributed by atoms with E-state index in [9.17, 15) is 0 Å². The highest BCUT2D eigenvalue weighted by Gasteiger charge is 2.28. The summed E-state index contributed by atoms with van der Waals surface area (Å²) >= 11 is 0. The Labute approximate surface area is 103 Å². The highest BCUT2D eigenvalue weighted by atomic mass is 15.2. The van der Waals surface area contributed by atoms with Gasteiger partial charge in [0.15, 0.2) is 0 Å². The second-order valence-electron chi connectivity index (χ2n) is 5.22. The van der Waals surface area contributed by atoms with Gasteiger partial charge in [0, 0.05) is 25.3 Å². The van der Waals surface area contributed by atoms with Gasteiger partial charge in [0.1, 0.15) is 5.82 Å². The minimum atomic E-state index is 0.792. The van der Waals surface area contributed by atoms with E-state index < -0.39 is 0 Å². The van der Waals surface area contributed by atoms with E-state index in [-0.39, 0.29) is 0 Å². The van der Waals surface area contributed by atoms with Gasteiger partial charge in [0.2, 0.25) is 0 Å². The summed E-state index contributed by atoms with van der Waals surface area (Å²) in [7, 11) is 0. The third-order valence-electron chi connectivity index (χ3n) is 4.18. The third kappa shape index (κ3) is 2.44. The molecule has 0 saturated carbocycles. The Morgan fingerprint density at radius 2 is 2.06 bits per heavy atom. The highest BCUT2D eigenvalue weighted by Crippen LogP contribution is 2.27. The molecule has 3 heterocycles. The second kappa shape index (κ2) is 5.05. The molecule has 0 bridgehead atoms. The molecule has 1 aromatic rings. The molecule has 1 aromatic heterocycles. The summed E-state index contributed by atoms with van der Waals surface area (Å²) in [5.74, 6) is 2.03.